The minimum atomic E-state index is -0.349. The molecule has 0 aliphatic heterocycles. The summed E-state index contributed by atoms with van der Waals surface area (Å²) in [4.78, 5) is 14.8. The highest BCUT2D eigenvalue weighted by molar-refractivity contribution is 5.49. The average molecular weight is 263 g/mol. The fraction of sp³-hybridized carbons (Fsp3) is 0.643. The molecule has 1 saturated carbocycles. The Morgan fingerprint density at radius 3 is 3.00 bits per heavy atom. The van der Waals surface area contributed by atoms with Gasteiger partial charge in [0.15, 0.2) is 0 Å². The number of pyridine rings is 1. The van der Waals surface area contributed by atoms with E-state index in [2.05, 4.69) is 17.2 Å². The number of aromatic nitrogens is 1. The molecule has 0 bridgehead atoms. The zero-order chi connectivity index (χ0) is 13.8. The standard InChI is InChI=1S/C14H21N3O2/c1-3-11-5-4-6-12(7-11)16-14-8-13(17(18)19)10(2)9-15-14/h8-9,11-12H,3-7H2,1-2H3,(H,15,16). The lowest BCUT2D eigenvalue weighted by atomic mass is 9.84. The van der Waals surface area contributed by atoms with Gasteiger partial charge in [-0.25, -0.2) is 4.98 Å². The van der Waals surface area contributed by atoms with E-state index in [9.17, 15) is 10.1 Å². The van der Waals surface area contributed by atoms with Gasteiger partial charge in [0.05, 0.1) is 11.0 Å². The summed E-state index contributed by atoms with van der Waals surface area (Å²) in [5, 5.41) is 14.3. The lowest BCUT2D eigenvalue weighted by Gasteiger charge is -2.29. The number of hydrogen-bond acceptors (Lipinski definition) is 4. The SMILES string of the molecule is CCC1CCCC(Nc2cc([N+](=O)[O-])c(C)cn2)C1. The minimum Gasteiger partial charge on any atom is -0.367 e. The van der Waals surface area contributed by atoms with Crippen molar-refractivity contribution in [1.29, 1.82) is 0 Å². The van der Waals surface area contributed by atoms with E-state index in [1.807, 2.05) is 0 Å². The first-order valence-corrected chi connectivity index (χ1v) is 6.97. The summed E-state index contributed by atoms with van der Waals surface area (Å²) in [6.45, 7) is 3.94. The number of hydrogen-bond donors (Lipinski definition) is 1. The summed E-state index contributed by atoms with van der Waals surface area (Å²) in [6, 6.07) is 1.94. The molecule has 0 spiro atoms. The van der Waals surface area contributed by atoms with Crippen molar-refractivity contribution in [2.75, 3.05) is 5.32 Å². The second-order valence-corrected chi connectivity index (χ2v) is 5.40. The van der Waals surface area contributed by atoms with Crippen LogP contribution in [0.2, 0.25) is 0 Å². The van der Waals surface area contributed by atoms with Crippen LogP contribution in [0.3, 0.4) is 0 Å². The van der Waals surface area contributed by atoms with Gasteiger partial charge < -0.3 is 5.32 Å². The third-order valence-electron chi connectivity index (χ3n) is 3.98. The summed E-state index contributed by atoms with van der Waals surface area (Å²) in [5.74, 6) is 1.39. The highest BCUT2D eigenvalue weighted by Crippen LogP contribution is 2.29. The monoisotopic (exact) mass is 263 g/mol. The summed E-state index contributed by atoms with van der Waals surface area (Å²) in [5.41, 5.74) is 0.742. The van der Waals surface area contributed by atoms with E-state index in [4.69, 9.17) is 0 Å². The van der Waals surface area contributed by atoms with Crippen LogP contribution < -0.4 is 5.32 Å². The summed E-state index contributed by atoms with van der Waals surface area (Å²) in [7, 11) is 0. The lowest BCUT2D eigenvalue weighted by Crippen LogP contribution is -2.27. The number of nitrogens with one attached hydrogen (secondary N) is 1. The van der Waals surface area contributed by atoms with Crippen LogP contribution in [-0.4, -0.2) is 15.9 Å². The van der Waals surface area contributed by atoms with Gasteiger partial charge in [-0.15, -0.1) is 0 Å². The van der Waals surface area contributed by atoms with E-state index in [-0.39, 0.29) is 10.6 Å². The fourth-order valence-corrected chi connectivity index (χ4v) is 2.79. The Morgan fingerprint density at radius 2 is 2.32 bits per heavy atom. The molecule has 5 nitrogen and oxygen atoms in total. The van der Waals surface area contributed by atoms with Crippen LogP contribution in [0.4, 0.5) is 11.5 Å². The van der Waals surface area contributed by atoms with E-state index in [1.54, 1.807) is 19.2 Å². The van der Waals surface area contributed by atoms with Crippen molar-refractivity contribution in [3.63, 3.8) is 0 Å². The predicted molar refractivity (Wildman–Crippen MR) is 75.3 cm³/mol. The lowest BCUT2D eigenvalue weighted by molar-refractivity contribution is -0.385. The normalized spacial score (nSPS) is 23.1. The number of anilines is 1. The first-order valence-electron chi connectivity index (χ1n) is 6.97. The number of aryl methyl sites for hydroxylation is 1. The molecule has 2 atom stereocenters. The van der Waals surface area contributed by atoms with Crippen LogP contribution >= 0.6 is 0 Å². The Hall–Kier alpha value is -1.65. The highest BCUT2D eigenvalue weighted by Gasteiger charge is 2.21. The Balaban J connectivity index is 2.06. The van der Waals surface area contributed by atoms with Crippen molar-refractivity contribution < 1.29 is 4.92 Å². The molecule has 0 aromatic carbocycles. The summed E-state index contributed by atoms with van der Waals surface area (Å²) in [6.07, 6.45) is 7.57. The first kappa shape index (κ1) is 13.8. The Bertz CT molecular complexity index is 462. The van der Waals surface area contributed by atoms with Crippen molar-refractivity contribution >= 4 is 11.5 Å². The van der Waals surface area contributed by atoms with Crippen molar-refractivity contribution in [3.8, 4) is 0 Å². The zero-order valence-electron chi connectivity index (χ0n) is 11.6. The molecule has 1 aromatic rings. The van der Waals surface area contributed by atoms with Crippen LogP contribution in [0.15, 0.2) is 12.3 Å². The van der Waals surface area contributed by atoms with Crippen LogP contribution in [0.1, 0.15) is 44.6 Å². The van der Waals surface area contributed by atoms with Gasteiger partial charge in [-0.2, -0.15) is 0 Å². The molecular weight excluding hydrogens is 242 g/mol. The quantitative estimate of drug-likeness (QED) is 0.664. The Labute approximate surface area is 113 Å². The van der Waals surface area contributed by atoms with Gasteiger partial charge in [0.2, 0.25) is 0 Å². The van der Waals surface area contributed by atoms with Crippen molar-refractivity contribution in [2.24, 2.45) is 5.92 Å². The van der Waals surface area contributed by atoms with Crippen LogP contribution in [-0.2, 0) is 0 Å². The highest BCUT2D eigenvalue weighted by atomic mass is 16.6. The van der Waals surface area contributed by atoms with E-state index in [0.717, 1.165) is 18.8 Å². The predicted octanol–water partition coefficient (Wildman–Crippen LogP) is 3.68. The third-order valence-corrected chi connectivity index (χ3v) is 3.98. The molecule has 104 valence electrons. The first-order chi connectivity index (χ1) is 9.10. The number of nitrogens with zero attached hydrogens (tertiary/aromatic N) is 2. The Kier molecular flexibility index (Phi) is 4.35. The molecule has 19 heavy (non-hydrogen) atoms. The van der Waals surface area contributed by atoms with Gasteiger partial charge in [-0.3, -0.25) is 10.1 Å². The fourth-order valence-electron chi connectivity index (χ4n) is 2.79. The van der Waals surface area contributed by atoms with E-state index in [0.29, 0.717) is 17.4 Å². The Morgan fingerprint density at radius 1 is 1.53 bits per heavy atom. The minimum absolute atomic E-state index is 0.139. The molecule has 0 saturated heterocycles. The molecule has 1 aliphatic rings. The van der Waals surface area contributed by atoms with Crippen LogP contribution in [0.25, 0.3) is 0 Å². The molecule has 2 rings (SSSR count). The molecule has 1 heterocycles. The van der Waals surface area contributed by atoms with E-state index in [1.165, 1.54) is 19.3 Å². The summed E-state index contributed by atoms with van der Waals surface area (Å²) < 4.78 is 0. The molecule has 0 radical (unpaired) electrons. The van der Waals surface area contributed by atoms with Gasteiger partial charge >= 0.3 is 0 Å². The molecule has 5 heteroatoms. The maximum absolute atomic E-state index is 10.9. The second kappa shape index (κ2) is 5.99. The topological polar surface area (TPSA) is 68.1 Å². The molecule has 1 aliphatic carbocycles. The van der Waals surface area contributed by atoms with E-state index >= 15 is 0 Å². The molecule has 1 fully saturated rings. The smallest absolute Gasteiger partial charge is 0.277 e. The van der Waals surface area contributed by atoms with Gasteiger partial charge in [0.25, 0.3) is 5.69 Å². The average Bonchev–Trinajstić information content (AvgIpc) is 2.41. The molecule has 0 amide bonds. The summed E-state index contributed by atoms with van der Waals surface area (Å²) >= 11 is 0. The zero-order valence-corrected chi connectivity index (χ0v) is 11.6. The number of rotatable bonds is 4. The third kappa shape index (κ3) is 3.43. The second-order valence-electron chi connectivity index (χ2n) is 5.40. The van der Waals surface area contributed by atoms with Gasteiger partial charge in [0.1, 0.15) is 5.82 Å². The number of nitro groups is 1. The largest absolute Gasteiger partial charge is 0.367 e. The van der Waals surface area contributed by atoms with Crippen LogP contribution in [0.5, 0.6) is 0 Å². The maximum Gasteiger partial charge on any atom is 0.277 e. The van der Waals surface area contributed by atoms with E-state index < -0.39 is 0 Å². The maximum atomic E-state index is 10.9. The van der Waals surface area contributed by atoms with Gasteiger partial charge in [0, 0.05) is 17.8 Å². The van der Waals surface area contributed by atoms with Gasteiger partial charge in [-0.05, 0) is 25.7 Å². The van der Waals surface area contributed by atoms with Crippen molar-refractivity contribution in [1.82, 2.24) is 4.98 Å². The van der Waals surface area contributed by atoms with Crippen molar-refractivity contribution in [3.05, 3.63) is 27.9 Å². The molecule has 1 N–H and O–H groups in total. The molecular formula is C14H21N3O2. The molecule has 1 aromatic heterocycles. The molecule has 2 unspecified atom stereocenters. The van der Waals surface area contributed by atoms with Gasteiger partial charge in [-0.1, -0.05) is 26.2 Å². The van der Waals surface area contributed by atoms with Crippen molar-refractivity contribution in [2.45, 2.75) is 52.0 Å². The van der Waals surface area contributed by atoms with Crippen LogP contribution in [0, 0.1) is 23.0 Å².